The highest BCUT2D eigenvalue weighted by Crippen LogP contribution is 2.19. The van der Waals surface area contributed by atoms with Crippen LogP contribution in [0.3, 0.4) is 0 Å². The molecule has 0 aliphatic heterocycles. The van der Waals surface area contributed by atoms with E-state index in [-0.39, 0.29) is 0 Å². The lowest BCUT2D eigenvalue weighted by Crippen LogP contribution is -2.34. The molecule has 1 unspecified atom stereocenters. The number of aliphatic hydroxyl groups is 1. The first-order valence-electron chi connectivity index (χ1n) is 6.14. The minimum atomic E-state index is -0.916. The van der Waals surface area contributed by atoms with Gasteiger partial charge < -0.3 is 10.4 Å². The van der Waals surface area contributed by atoms with Gasteiger partial charge in [0.05, 0.1) is 6.20 Å². The molecular formula is C14H18BrN3O. The Morgan fingerprint density at radius 3 is 2.89 bits per heavy atom. The summed E-state index contributed by atoms with van der Waals surface area (Å²) < 4.78 is 2.75. The van der Waals surface area contributed by atoms with E-state index < -0.39 is 5.60 Å². The molecule has 2 aromatic rings. The van der Waals surface area contributed by atoms with Crippen LogP contribution in [0.2, 0.25) is 0 Å². The fourth-order valence-electron chi connectivity index (χ4n) is 1.90. The predicted molar refractivity (Wildman–Crippen MR) is 78.6 cm³/mol. The lowest BCUT2D eigenvalue weighted by atomic mass is 9.99. The van der Waals surface area contributed by atoms with Crippen molar-refractivity contribution in [3.8, 4) is 0 Å². The van der Waals surface area contributed by atoms with Gasteiger partial charge in [-0.15, -0.1) is 0 Å². The average Bonchev–Trinajstić information content (AvgIpc) is 2.76. The van der Waals surface area contributed by atoms with Crippen molar-refractivity contribution < 1.29 is 5.11 Å². The van der Waals surface area contributed by atoms with Crippen molar-refractivity contribution in [1.82, 2.24) is 15.1 Å². The number of hydrogen-bond donors (Lipinski definition) is 2. The fourth-order valence-corrected chi connectivity index (χ4v) is 2.35. The van der Waals surface area contributed by atoms with E-state index in [4.69, 9.17) is 0 Å². The number of benzene rings is 1. The number of rotatable bonds is 5. The van der Waals surface area contributed by atoms with Crippen molar-refractivity contribution in [3.05, 3.63) is 52.3 Å². The van der Waals surface area contributed by atoms with Crippen molar-refractivity contribution in [2.45, 2.75) is 19.1 Å². The summed E-state index contributed by atoms with van der Waals surface area (Å²) in [6.45, 7) is 2.99. The van der Waals surface area contributed by atoms with E-state index in [0.29, 0.717) is 6.54 Å². The van der Waals surface area contributed by atoms with Crippen LogP contribution in [0.15, 0.2) is 41.1 Å². The summed E-state index contributed by atoms with van der Waals surface area (Å²) in [4.78, 5) is 0. The summed E-state index contributed by atoms with van der Waals surface area (Å²) >= 11 is 3.44. The predicted octanol–water partition coefficient (Wildman–Crippen LogP) is 2.18. The Morgan fingerprint density at radius 2 is 2.26 bits per heavy atom. The monoisotopic (exact) mass is 323 g/mol. The summed E-state index contributed by atoms with van der Waals surface area (Å²) in [5.41, 5.74) is 1.08. The van der Waals surface area contributed by atoms with Crippen molar-refractivity contribution in [2.75, 3.05) is 6.54 Å². The lowest BCUT2D eigenvalue weighted by molar-refractivity contribution is 0.0566. The molecule has 0 amide bonds. The maximum absolute atomic E-state index is 10.4. The van der Waals surface area contributed by atoms with E-state index in [2.05, 4.69) is 38.5 Å². The van der Waals surface area contributed by atoms with Gasteiger partial charge in [0, 0.05) is 36.4 Å². The third-order valence-corrected chi connectivity index (χ3v) is 3.51. The van der Waals surface area contributed by atoms with Gasteiger partial charge >= 0.3 is 0 Å². The topological polar surface area (TPSA) is 50.1 Å². The van der Waals surface area contributed by atoms with Crippen molar-refractivity contribution >= 4 is 15.9 Å². The smallest absolute Gasteiger partial charge is 0.102 e. The van der Waals surface area contributed by atoms with E-state index >= 15 is 0 Å². The molecule has 102 valence electrons. The molecule has 0 saturated heterocycles. The second-order valence-electron chi connectivity index (χ2n) is 4.91. The molecule has 0 aliphatic rings. The van der Waals surface area contributed by atoms with Crippen molar-refractivity contribution in [2.24, 2.45) is 7.05 Å². The van der Waals surface area contributed by atoms with Crippen LogP contribution < -0.4 is 5.32 Å². The molecule has 0 aliphatic carbocycles. The summed E-state index contributed by atoms with van der Waals surface area (Å²) in [6.07, 6.45) is 3.53. The van der Waals surface area contributed by atoms with E-state index in [9.17, 15) is 5.11 Å². The standard InChI is InChI=1S/C14H18BrN3O/c1-14(19,12-8-17-18(2)9-12)10-16-7-11-4-3-5-13(15)6-11/h3-6,8-9,16,19H,7,10H2,1-2H3. The second-order valence-corrected chi connectivity index (χ2v) is 5.83. The van der Waals surface area contributed by atoms with Crippen LogP contribution in [0.4, 0.5) is 0 Å². The molecule has 2 N–H and O–H groups in total. The van der Waals surface area contributed by atoms with Gasteiger partial charge in [0.15, 0.2) is 0 Å². The summed E-state index contributed by atoms with van der Waals surface area (Å²) in [6, 6.07) is 8.11. The molecule has 0 bridgehead atoms. The molecule has 5 heteroatoms. The van der Waals surface area contributed by atoms with Gasteiger partial charge in [0.25, 0.3) is 0 Å². The number of hydrogen-bond acceptors (Lipinski definition) is 3. The van der Waals surface area contributed by atoms with Gasteiger partial charge in [-0.3, -0.25) is 4.68 Å². The van der Waals surface area contributed by atoms with Gasteiger partial charge in [-0.25, -0.2) is 0 Å². The first kappa shape index (κ1) is 14.2. The molecule has 1 aromatic carbocycles. The molecule has 0 saturated carbocycles. The Labute approximate surface area is 121 Å². The number of nitrogens with zero attached hydrogens (tertiary/aromatic N) is 2. The fraction of sp³-hybridized carbons (Fsp3) is 0.357. The van der Waals surface area contributed by atoms with Crippen LogP contribution in [0, 0.1) is 0 Å². The van der Waals surface area contributed by atoms with Gasteiger partial charge in [-0.05, 0) is 24.6 Å². The Kier molecular flexibility index (Phi) is 4.39. The molecule has 0 radical (unpaired) electrons. The zero-order chi connectivity index (χ0) is 13.9. The van der Waals surface area contributed by atoms with Crippen LogP contribution in [-0.2, 0) is 19.2 Å². The number of nitrogens with one attached hydrogen (secondary N) is 1. The Morgan fingerprint density at radius 1 is 1.47 bits per heavy atom. The highest BCUT2D eigenvalue weighted by Gasteiger charge is 2.23. The summed E-state index contributed by atoms with van der Waals surface area (Å²) in [5.74, 6) is 0. The van der Waals surface area contributed by atoms with Crippen molar-refractivity contribution in [1.29, 1.82) is 0 Å². The van der Waals surface area contributed by atoms with Gasteiger partial charge in [0.2, 0.25) is 0 Å². The van der Waals surface area contributed by atoms with Gasteiger partial charge in [0.1, 0.15) is 5.60 Å². The van der Waals surface area contributed by atoms with Crippen LogP contribution in [0.5, 0.6) is 0 Å². The van der Waals surface area contributed by atoms with Gasteiger partial charge in [-0.2, -0.15) is 5.10 Å². The van der Waals surface area contributed by atoms with E-state index in [1.54, 1.807) is 17.8 Å². The molecule has 4 nitrogen and oxygen atoms in total. The van der Waals surface area contributed by atoms with Gasteiger partial charge in [-0.1, -0.05) is 28.1 Å². The summed E-state index contributed by atoms with van der Waals surface area (Å²) in [5, 5.41) is 17.8. The molecule has 2 rings (SSSR count). The molecule has 0 spiro atoms. The SMILES string of the molecule is Cn1cc(C(C)(O)CNCc2cccc(Br)c2)cn1. The number of halogens is 1. The Balaban J connectivity index is 1.91. The first-order valence-corrected chi connectivity index (χ1v) is 6.93. The Bertz CT molecular complexity index is 551. The van der Waals surface area contributed by atoms with Crippen molar-refractivity contribution in [3.63, 3.8) is 0 Å². The number of aryl methyl sites for hydroxylation is 1. The zero-order valence-corrected chi connectivity index (χ0v) is 12.7. The van der Waals surface area contributed by atoms with Crippen LogP contribution in [-0.4, -0.2) is 21.4 Å². The highest BCUT2D eigenvalue weighted by molar-refractivity contribution is 9.10. The zero-order valence-electron chi connectivity index (χ0n) is 11.1. The quantitative estimate of drug-likeness (QED) is 0.886. The first-order chi connectivity index (χ1) is 8.97. The largest absolute Gasteiger partial charge is 0.384 e. The van der Waals surface area contributed by atoms with E-state index in [0.717, 1.165) is 16.6 Å². The minimum absolute atomic E-state index is 0.477. The molecule has 1 heterocycles. The molecule has 1 atom stereocenters. The third kappa shape index (κ3) is 3.89. The van der Waals surface area contributed by atoms with E-state index in [1.807, 2.05) is 25.4 Å². The second kappa shape index (κ2) is 5.86. The molecule has 0 fully saturated rings. The van der Waals surface area contributed by atoms with Crippen LogP contribution >= 0.6 is 15.9 Å². The van der Waals surface area contributed by atoms with Crippen LogP contribution in [0.1, 0.15) is 18.1 Å². The van der Waals surface area contributed by atoms with E-state index in [1.165, 1.54) is 5.56 Å². The van der Waals surface area contributed by atoms with Crippen LogP contribution in [0.25, 0.3) is 0 Å². The third-order valence-electron chi connectivity index (χ3n) is 3.01. The maximum Gasteiger partial charge on any atom is 0.102 e. The lowest BCUT2D eigenvalue weighted by Gasteiger charge is -2.22. The number of aromatic nitrogens is 2. The maximum atomic E-state index is 10.4. The average molecular weight is 324 g/mol. The minimum Gasteiger partial charge on any atom is -0.384 e. The Hall–Kier alpha value is -1.17. The molecule has 19 heavy (non-hydrogen) atoms. The summed E-state index contributed by atoms with van der Waals surface area (Å²) in [7, 11) is 1.84. The molecular weight excluding hydrogens is 306 g/mol. The molecule has 1 aromatic heterocycles. The normalized spacial score (nSPS) is 14.3. The highest BCUT2D eigenvalue weighted by atomic mass is 79.9.